The van der Waals surface area contributed by atoms with Gasteiger partial charge in [-0.2, -0.15) is 0 Å². The van der Waals surface area contributed by atoms with Gasteiger partial charge in [-0.15, -0.1) is 0 Å². The molecule has 0 saturated heterocycles. The van der Waals surface area contributed by atoms with Crippen LogP contribution in [0.3, 0.4) is 0 Å². The molecular weight excluding hydrogens is 258 g/mol. The van der Waals surface area contributed by atoms with E-state index in [1.54, 1.807) is 0 Å². The molecule has 1 aromatic heterocycles. The number of hydrogen-bond acceptors (Lipinski definition) is 3. The predicted octanol–water partition coefficient (Wildman–Crippen LogP) is 3.98. The Morgan fingerprint density at radius 2 is 2.00 bits per heavy atom. The first-order valence-corrected chi connectivity index (χ1v) is 8.29. The zero-order valence-electron chi connectivity index (χ0n) is 14.3. The van der Waals surface area contributed by atoms with Crippen molar-refractivity contribution in [3.8, 4) is 0 Å². The van der Waals surface area contributed by atoms with Crippen molar-refractivity contribution in [1.82, 2.24) is 10.3 Å². The van der Waals surface area contributed by atoms with Crippen molar-refractivity contribution < 1.29 is 0 Å². The summed E-state index contributed by atoms with van der Waals surface area (Å²) in [4.78, 5) is 6.98. The van der Waals surface area contributed by atoms with Gasteiger partial charge in [-0.3, -0.25) is 0 Å². The van der Waals surface area contributed by atoms with Gasteiger partial charge in [-0.25, -0.2) is 4.98 Å². The number of hydrogen-bond donors (Lipinski definition) is 1. The normalized spacial score (nSPS) is 23.1. The molecule has 118 valence electrons. The zero-order chi connectivity index (χ0) is 15.5. The highest BCUT2D eigenvalue weighted by molar-refractivity contribution is 5.41. The van der Waals surface area contributed by atoms with Gasteiger partial charge in [0.15, 0.2) is 0 Å². The Bertz CT molecular complexity index is 450. The molecule has 2 rings (SSSR count). The van der Waals surface area contributed by atoms with Crippen LogP contribution >= 0.6 is 0 Å². The molecule has 21 heavy (non-hydrogen) atoms. The van der Waals surface area contributed by atoms with Crippen molar-refractivity contribution in [3.05, 3.63) is 23.9 Å². The number of anilines is 1. The van der Waals surface area contributed by atoms with Gasteiger partial charge < -0.3 is 10.2 Å². The second-order valence-corrected chi connectivity index (χ2v) is 7.57. The minimum atomic E-state index is 0.146. The van der Waals surface area contributed by atoms with Crippen molar-refractivity contribution in [2.75, 3.05) is 11.9 Å². The van der Waals surface area contributed by atoms with Crippen LogP contribution in [0.4, 0.5) is 5.82 Å². The van der Waals surface area contributed by atoms with Crippen LogP contribution < -0.4 is 10.2 Å². The van der Waals surface area contributed by atoms with Gasteiger partial charge >= 0.3 is 0 Å². The van der Waals surface area contributed by atoms with Crippen LogP contribution in [0.1, 0.15) is 58.9 Å². The maximum absolute atomic E-state index is 4.59. The Hall–Kier alpha value is -1.09. The highest BCUT2D eigenvalue weighted by atomic mass is 15.2. The van der Waals surface area contributed by atoms with E-state index < -0.39 is 0 Å². The second kappa shape index (κ2) is 6.78. The minimum Gasteiger partial charge on any atom is -0.356 e. The summed E-state index contributed by atoms with van der Waals surface area (Å²) in [6.07, 6.45) is 7.32. The van der Waals surface area contributed by atoms with Gasteiger partial charge in [0.25, 0.3) is 0 Å². The van der Waals surface area contributed by atoms with Gasteiger partial charge in [0.1, 0.15) is 5.82 Å². The van der Waals surface area contributed by atoms with E-state index in [1.165, 1.54) is 31.2 Å². The monoisotopic (exact) mass is 289 g/mol. The molecule has 1 aliphatic rings. The van der Waals surface area contributed by atoms with E-state index in [-0.39, 0.29) is 5.54 Å². The summed E-state index contributed by atoms with van der Waals surface area (Å²) in [6.45, 7) is 9.87. The molecule has 1 fully saturated rings. The molecule has 0 radical (unpaired) electrons. The Morgan fingerprint density at radius 1 is 1.29 bits per heavy atom. The van der Waals surface area contributed by atoms with E-state index in [0.717, 1.165) is 18.3 Å². The fourth-order valence-electron chi connectivity index (χ4n) is 3.17. The summed E-state index contributed by atoms with van der Waals surface area (Å²) in [5, 5.41) is 3.55. The number of pyridine rings is 1. The first-order chi connectivity index (χ1) is 9.87. The standard InChI is InChI=1S/C18H31N3/c1-14-8-6-7-9-16(14)21(5)17-12-15(10-11-19-17)13-20-18(2,3)4/h10-12,14,16,20H,6-9,13H2,1-5H3. The summed E-state index contributed by atoms with van der Waals surface area (Å²) in [6, 6.07) is 4.98. The fourth-order valence-corrected chi connectivity index (χ4v) is 3.17. The molecule has 2 atom stereocenters. The summed E-state index contributed by atoms with van der Waals surface area (Å²) in [5.41, 5.74) is 1.46. The van der Waals surface area contributed by atoms with Crippen molar-refractivity contribution >= 4 is 5.82 Å². The van der Waals surface area contributed by atoms with Crippen LogP contribution in [0.2, 0.25) is 0 Å². The van der Waals surface area contributed by atoms with Crippen LogP contribution in [0.15, 0.2) is 18.3 Å². The average Bonchev–Trinajstić information content (AvgIpc) is 2.44. The van der Waals surface area contributed by atoms with Gasteiger partial charge in [-0.1, -0.05) is 19.8 Å². The molecule has 0 amide bonds. The van der Waals surface area contributed by atoms with Gasteiger partial charge in [0.05, 0.1) is 0 Å². The van der Waals surface area contributed by atoms with Gasteiger partial charge in [0, 0.05) is 31.4 Å². The molecule has 0 aliphatic heterocycles. The van der Waals surface area contributed by atoms with Crippen LogP contribution in [0.5, 0.6) is 0 Å². The predicted molar refractivity (Wildman–Crippen MR) is 90.7 cm³/mol. The van der Waals surface area contributed by atoms with Crippen LogP contribution in [0, 0.1) is 5.92 Å². The molecule has 0 aromatic carbocycles. The van der Waals surface area contributed by atoms with E-state index in [0.29, 0.717) is 6.04 Å². The van der Waals surface area contributed by atoms with Crippen molar-refractivity contribution in [2.45, 2.75) is 71.5 Å². The molecule has 1 aromatic rings. The third-order valence-electron chi connectivity index (χ3n) is 4.56. The molecule has 1 heterocycles. The smallest absolute Gasteiger partial charge is 0.128 e. The van der Waals surface area contributed by atoms with Gasteiger partial charge in [-0.05, 0) is 57.2 Å². The van der Waals surface area contributed by atoms with Crippen molar-refractivity contribution in [3.63, 3.8) is 0 Å². The topological polar surface area (TPSA) is 28.2 Å². The third-order valence-corrected chi connectivity index (χ3v) is 4.56. The van der Waals surface area contributed by atoms with Gasteiger partial charge in [0.2, 0.25) is 0 Å². The van der Waals surface area contributed by atoms with E-state index in [4.69, 9.17) is 0 Å². The largest absolute Gasteiger partial charge is 0.356 e. The van der Waals surface area contributed by atoms with Crippen LogP contribution in [0.25, 0.3) is 0 Å². The molecular formula is C18H31N3. The van der Waals surface area contributed by atoms with E-state index >= 15 is 0 Å². The Morgan fingerprint density at radius 3 is 2.67 bits per heavy atom. The highest BCUT2D eigenvalue weighted by Crippen LogP contribution is 2.29. The first kappa shape index (κ1) is 16.3. The summed E-state index contributed by atoms with van der Waals surface area (Å²) in [5.74, 6) is 1.88. The Kier molecular flexibility index (Phi) is 5.26. The molecule has 1 saturated carbocycles. The molecule has 0 spiro atoms. The number of rotatable bonds is 4. The summed E-state index contributed by atoms with van der Waals surface area (Å²) >= 11 is 0. The minimum absolute atomic E-state index is 0.146. The maximum atomic E-state index is 4.59. The zero-order valence-corrected chi connectivity index (χ0v) is 14.3. The summed E-state index contributed by atoms with van der Waals surface area (Å²) in [7, 11) is 2.20. The Labute approximate surface area is 130 Å². The Balaban J connectivity index is 2.05. The highest BCUT2D eigenvalue weighted by Gasteiger charge is 2.25. The number of aromatic nitrogens is 1. The lowest BCUT2D eigenvalue weighted by Crippen LogP contribution is -2.39. The molecule has 0 bridgehead atoms. The lowest BCUT2D eigenvalue weighted by Gasteiger charge is -2.37. The van der Waals surface area contributed by atoms with Crippen LogP contribution in [-0.4, -0.2) is 23.6 Å². The maximum Gasteiger partial charge on any atom is 0.128 e. The van der Waals surface area contributed by atoms with E-state index in [2.05, 4.69) is 62.1 Å². The summed E-state index contributed by atoms with van der Waals surface area (Å²) < 4.78 is 0. The molecule has 3 heteroatoms. The number of nitrogens with one attached hydrogen (secondary N) is 1. The lowest BCUT2D eigenvalue weighted by molar-refractivity contribution is 0.320. The number of nitrogens with zero attached hydrogens (tertiary/aromatic N) is 2. The van der Waals surface area contributed by atoms with Crippen molar-refractivity contribution in [2.24, 2.45) is 5.92 Å². The molecule has 1 N–H and O–H groups in total. The molecule has 1 aliphatic carbocycles. The fraction of sp³-hybridized carbons (Fsp3) is 0.722. The first-order valence-electron chi connectivity index (χ1n) is 8.29. The van der Waals surface area contributed by atoms with E-state index in [9.17, 15) is 0 Å². The third kappa shape index (κ3) is 4.70. The lowest BCUT2D eigenvalue weighted by atomic mass is 9.85. The second-order valence-electron chi connectivity index (χ2n) is 7.57. The van der Waals surface area contributed by atoms with Crippen LogP contribution in [-0.2, 0) is 6.54 Å². The molecule has 2 unspecified atom stereocenters. The molecule has 3 nitrogen and oxygen atoms in total. The van der Waals surface area contributed by atoms with Crippen molar-refractivity contribution in [1.29, 1.82) is 0 Å². The quantitative estimate of drug-likeness (QED) is 0.908. The average molecular weight is 289 g/mol. The SMILES string of the molecule is CC1CCCCC1N(C)c1cc(CNC(C)(C)C)ccn1. The van der Waals surface area contributed by atoms with E-state index in [1.807, 2.05) is 6.20 Å².